The Labute approximate surface area is 389 Å². The molecule has 0 spiro atoms. The molecule has 346 valence electrons. The standard InChI is InChI=1S/C56H62O10/c1-3-5-7-9-11-13-15-17-19-40-61-47-32-24-43(25-33-47)53(57)63-49-36-28-45(29-37-49)55(59)65-51-22-21-23-52(42-51)66-56(60)46-30-38-50(39-31-46)64-54(58)44-26-34-48(35-27-44)62-41-20-18-16-14-12-10-8-6-4-2/h3-4,21-39,42H,1-2,5-20,40-41H2. The molecule has 0 aliphatic rings. The van der Waals surface area contributed by atoms with E-state index in [1.165, 1.54) is 119 Å². The normalized spacial score (nSPS) is 10.7. The van der Waals surface area contributed by atoms with Crippen LogP contribution in [-0.2, 0) is 0 Å². The molecule has 0 N–H and O–H groups in total. The van der Waals surface area contributed by atoms with Crippen molar-refractivity contribution >= 4 is 23.9 Å². The maximum Gasteiger partial charge on any atom is 0.343 e. The van der Waals surface area contributed by atoms with Crippen molar-refractivity contribution in [1.29, 1.82) is 0 Å². The topological polar surface area (TPSA) is 124 Å². The molecule has 0 heterocycles. The molecule has 10 nitrogen and oxygen atoms in total. The third-order valence-electron chi connectivity index (χ3n) is 10.7. The van der Waals surface area contributed by atoms with Crippen LogP contribution in [0.15, 0.2) is 147 Å². The summed E-state index contributed by atoms with van der Waals surface area (Å²) in [4.78, 5) is 51.5. The smallest absolute Gasteiger partial charge is 0.343 e. The highest BCUT2D eigenvalue weighted by Crippen LogP contribution is 2.24. The van der Waals surface area contributed by atoms with E-state index >= 15 is 0 Å². The first-order valence-electron chi connectivity index (χ1n) is 23.2. The predicted molar refractivity (Wildman–Crippen MR) is 257 cm³/mol. The minimum absolute atomic E-state index is 0.150. The van der Waals surface area contributed by atoms with E-state index in [1.807, 2.05) is 12.2 Å². The van der Waals surface area contributed by atoms with Crippen LogP contribution in [0.4, 0.5) is 0 Å². The van der Waals surface area contributed by atoms with Crippen LogP contribution in [0, 0.1) is 0 Å². The maximum atomic E-state index is 13.0. The van der Waals surface area contributed by atoms with Gasteiger partial charge in [0.15, 0.2) is 0 Å². The van der Waals surface area contributed by atoms with Crippen molar-refractivity contribution in [2.75, 3.05) is 13.2 Å². The Morgan fingerprint density at radius 3 is 0.924 bits per heavy atom. The molecular weight excluding hydrogens is 833 g/mol. The van der Waals surface area contributed by atoms with Gasteiger partial charge in [-0.25, -0.2) is 19.2 Å². The van der Waals surface area contributed by atoms with Crippen molar-refractivity contribution in [3.63, 3.8) is 0 Å². The number of carbonyl (C=O) groups excluding carboxylic acids is 4. The van der Waals surface area contributed by atoms with Gasteiger partial charge >= 0.3 is 23.9 Å². The zero-order valence-corrected chi connectivity index (χ0v) is 37.9. The SMILES string of the molecule is C=CCCCCCCCCCOc1ccc(C(=O)Oc2ccc(C(=O)Oc3cccc(OC(=O)c4ccc(OC(=O)c5ccc(OCCCCCCCCCC=C)cc5)cc4)c3)cc2)cc1. The van der Waals surface area contributed by atoms with E-state index in [2.05, 4.69) is 13.2 Å². The summed E-state index contributed by atoms with van der Waals surface area (Å²) in [6, 6.07) is 31.7. The predicted octanol–water partition coefficient (Wildman–Crippen LogP) is 13.9. The largest absolute Gasteiger partial charge is 0.494 e. The molecule has 0 amide bonds. The summed E-state index contributed by atoms with van der Waals surface area (Å²) in [6.45, 7) is 8.77. The van der Waals surface area contributed by atoms with E-state index in [1.54, 1.807) is 66.7 Å². The number of unbranched alkanes of at least 4 members (excludes halogenated alkanes) is 14. The number of carbonyl (C=O) groups is 4. The van der Waals surface area contributed by atoms with Crippen LogP contribution >= 0.6 is 0 Å². The molecule has 0 radical (unpaired) electrons. The maximum absolute atomic E-state index is 13.0. The number of allylic oxidation sites excluding steroid dienone is 2. The summed E-state index contributed by atoms with van der Waals surface area (Å²) >= 11 is 0. The van der Waals surface area contributed by atoms with Crippen molar-refractivity contribution in [2.24, 2.45) is 0 Å². The number of benzene rings is 5. The average molecular weight is 895 g/mol. The fourth-order valence-electron chi connectivity index (χ4n) is 6.89. The van der Waals surface area contributed by atoms with E-state index in [4.69, 9.17) is 28.4 Å². The summed E-state index contributed by atoms with van der Waals surface area (Å²) in [6.07, 6.45) is 22.7. The third kappa shape index (κ3) is 18.3. The monoisotopic (exact) mass is 894 g/mol. The lowest BCUT2D eigenvalue weighted by Gasteiger charge is -2.09. The number of ether oxygens (including phenoxy) is 6. The summed E-state index contributed by atoms with van der Waals surface area (Å²) in [7, 11) is 0. The zero-order valence-electron chi connectivity index (χ0n) is 37.9. The molecule has 5 rings (SSSR count). The van der Waals surface area contributed by atoms with Gasteiger partial charge < -0.3 is 28.4 Å². The van der Waals surface area contributed by atoms with Crippen LogP contribution in [0.25, 0.3) is 0 Å². The van der Waals surface area contributed by atoms with Crippen molar-refractivity contribution in [2.45, 2.75) is 103 Å². The van der Waals surface area contributed by atoms with Crippen LogP contribution in [0.3, 0.4) is 0 Å². The molecule has 0 atom stereocenters. The van der Waals surface area contributed by atoms with Gasteiger partial charge in [-0.1, -0.05) is 82.4 Å². The van der Waals surface area contributed by atoms with Crippen LogP contribution in [0.1, 0.15) is 144 Å². The molecule has 5 aromatic carbocycles. The Kier molecular flexibility index (Phi) is 21.8. The molecule has 0 saturated carbocycles. The second kappa shape index (κ2) is 28.8. The van der Waals surface area contributed by atoms with Gasteiger partial charge in [0.05, 0.1) is 35.5 Å². The number of hydrogen-bond donors (Lipinski definition) is 0. The lowest BCUT2D eigenvalue weighted by atomic mass is 10.1. The van der Waals surface area contributed by atoms with Crippen LogP contribution in [0.5, 0.6) is 34.5 Å². The molecule has 0 saturated heterocycles. The van der Waals surface area contributed by atoms with E-state index in [0.717, 1.165) is 38.5 Å². The van der Waals surface area contributed by atoms with Gasteiger partial charge in [-0.3, -0.25) is 0 Å². The first kappa shape index (κ1) is 50.1. The minimum Gasteiger partial charge on any atom is -0.494 e. The average Bonchev–Trinajstić information content (AvgIpc) is 3.33. The van der Waals surface area contributed by atoms with Gasteiger partial charge in [-0.05, 0) is 148 Å². The van der Waals surface area contributed by atoms with Crippen molar-refractivity contribution in [1.82, 2.24) is 0 Å². The second-order valence-electron chi connectivity index (χ2n) is 15.9. The number of hydrogen-bond acceptors (Lipinski definition) is 10. The first-order chi connectivity index (χ1) is 32.3. The van der Waals surface area contributed by atoms with Crippen molar-refractivity contribution < 1.29 is 47.6 Å². The fraction of sp³-hybridized carbons (Fsp3) is 0.321. The molecule has 0 fully saturated rings. The Morgan fingerprint density at radius 2 is 0.606 bits per heavy atom. The molecule has 66 heavy (non-hydrogen) atoms. The molecule has 0 bridgehead atoms. The van der Waals surface area contributed by atoms with Crippen LogP contribution in [0.2, 0.25) is 0 Å². The summed E-state index contributed by atoms with van der Waals surface area (Å²) < 4.78 is 33.8. The molecule has 0 unspecified atom stereocenters. The third-order valence-corrected chi connectivity index (χ3v) is 10.7. The highest BCUT2D eigenvalue weighted by atomic mass is 16.6. The Bertz CT molecular complexity index is 2100. The molecule has 0 aromatic heterocycles. The number of esters is 4. The van der Waals surface area contributed by atoms with Gasteiger partial charge in [0.1, 0.15) is 34.5 Å². The van der Waals surface area contributed by atoms with Gasteiger partial charge in [0, 0.05) is 6.07 Å². The molecule has 5 aromatic rings. The van der Waals surface area contributed by atoms with Gasteiger partial charge in [0.2, 0.25) is 0 Å². The highest BCUT2D eigenvalue weighted by Gasteiger charge is 2.15. The lowest BCUT2D eigenvalue weighted by molar-refractivity contribution is 0.0723. The minimum atomic E-state index is -0.664. The molecule has 0 aliphatic carbocycles. The first-order valence-corrected chi connectivity index (χ1v) is 23.2. The highest BCUT2D eigenvalue weighted by molar-refractivity contribution is 5.94. The molecule has 0 aliphatic heterocycles. The summed E-state index contributed by atoms with van der Waals surface area (Å²) in [5.41, 5.74) is 1.16. The fourth-order valence-corrected chi connectivity index (χ4v) is 6.89. The zero-order chi connectivity index (χ0) is 46.6. The Balaban J connectivity index is 0.989. The van der Waals surface area contributed by atoms with Crippen LogP contribution < -0.4 is 28.4 Å². The van der Waals surface area contributed by atoms with Gasteiger partial charge in [0.25, 0.3) is 0 Å². The van der Waals surface area contributed by atoms with E-state index in [-0.39, 0.29) is 34.1 Å². The van der Waals surface area contributed by atoms with Gasteiger partial charge in [-0.15, -0.1) is 13.2 Å². The number of rotatable bonds is 30. The van der Waals surface area contributed by atoms with E-state index in [0.29, 0.717) is 35.8 Å². The van der Waals surface area contributed by atoms with E-state index < -0.39 is 23.9 Å². The quantitative estimate of drug-likeness (QED) is 0.0190. The second-order valence-corrected chi connectivity index (χ2v) is 15.9. The van der Waals surface area contributed by atoms with Crippen LogP contribution in [-0.4, -0.2) is 37.1 Å². The van der Waals surface area contributed by atoms with Gasteiger partial charge in [-0.2, -0.15) is 0 Å². The molecule has 10 heteroatoms. The van der Waals surface area contributed by atoms with Crippen molar-refractivity contribution in [3.8, 4) is 34.5 Å². The summed E-state index contributed by atoms with van der Waals surface area (Å²) in [5.74, 6) is -0.224. The van der Waals surface area contributed by atoms with Crippen molar-refractivity contribution in [3.05, 3.63) is 169 Å². The van der Waals surface area contributed by atoms with E-state index in [9.17, 15) is 19.2 Å². The Hall–Kier alpha value is -6.94. The Morgan fingerprint density at radius 1 is 0.333 bits per heavy atom. The summed E-state index contributed by atoms with van der Waals surface area (Å²) in [5, 5.41) is 0. The molecular formula is C56H62O10. The lowest BCUT2D eigenvalue weighted by Crippen LogP contribution is -2.11.